The Morgan fingerprint density at radius 1 is 1.19 bits per heavy atom. The van der Waals surface area contributed by atoms with Crippen LogP contribution in [0.15, 0.2) is 48.0 Å². The maximum Gasteiger partial charge on any atom is 0.258 e. The summed E-state index contributed by atoms with van der Waals surface area (Å²) in [6.07, 6.45) is 8.54. The van der Waals surface area contributed by atoms with E-state index in [1.165, 1.54) is 12.3 Å². The third-order valence-corrected chi connectivity index (χ3v) is 6.25. The van der Waals surface area contributed by atoms with Gasteiger partial charge in [-0.1, -0.05) is 24.3 Å². The molecule has 0 saturated carbocycles. The molecule has 4 rings (SSSR count). The molecule has 0 spiro atoms. The number of hydrogen-bond donors (Lipinski definition) is 1. The predicted octanol–water partition coefficient (Wildman–Crippen LogP) is 3.08. The molecule has 1 aromatic carbocycles. The van der Waals surface area contributed by atoms with Gasteiger partial charge >= 0.3 is 0 Å². The molecule has 1 amide bonds. The molecule has 2 fully saturated rings. The maximum atomic E-state index is 12.9. The topological polar surface area (TPSA) is 101 Å². The van der Waals surface area contributed by atoms with E-state index in [0.717, 1.165) is 37.3 Å². The van der Waals surface area contributed by atoms with Crippen LogP contribution in [0.2, 0.25) is 0 Å². The molecule has 0 radical (unpaired) electrons. The summed E-state index contributed by atoms with van der Waals surface area (Å²) in [7, 11) is -3.27. The predicted molar refractivity (Wildman–Crippen MR) is 118 cm³/mol. The summed E-state index contributed by atoms with van der Waals surface area (Å²) >= 11 is 0. The van der Waals surface area contributed by atoms with Crippen molar-refractivity contribution in [3.63, 3.8) is 0 Å². The first-order valence-electron chi connectivity index (χ1n) is 10.4. The summed E-state index contributed by atoms with van der Waals surface area (Å²) in [5.74, 6) is 0.889. The number of aromatic nitrogens is 2. The zero-order valence-corrected chi connectivity index (χ0v) is 18.4. The standard InChI is InChI=1S/C22H26N4O4S/c1-15(12-13-31(2,28)29)24-20(27)19-14-23-22(26-16-8-9-17(26)11-10-16)25-21(19)30-18-6-4-3-5-7-18/h3-7,12-17H,8-11H2,1-2H3,(H,24,27)/b13-12+/t15-,16?,17?/m0/s1. The van der Waals surface area contributed by atoms with Crippen LogP contribution < -0.4 is 15.0 Å². The van der Waals surface area contributed by atoms with Gasteiger partial charge < -0.3 is 15.0 Å². The Hall–Kier alpha value is -2.94. The lowest BCUT2D eigenvalue weighted by Gasteiger charge is -2.23. The van der Waals surface area contributed by atoms with Crippen LogP contribution in [0, 0.1) is 0 Å². The van der Waals surface area contributed by atoms with E-state index in [1.54, 1.807) is 19.1 Å². The van der Waals surface area contributed by atoms with Gasteiger partial charge in [0.2, 0.25) is 11.8 Å². The number of ether oxygens (including phenoxy) is 1. The monoisotopic (exact) mass is 442 g/mol. The smallest absolute Gasteiger partial charge is 0.258 e. The number of benzene rings is 1. The van der Waals surface area contributed by atoms with Gasteiger partial charge in [-0.05, 0) is 44.7 Å². The third-order valence-electron chi connectivity index (χ3n) is 5.60. The van der Waals surface area contributed by atoms with Gasteiger partial charge in [-0.15, -0.1) is 0 Å². The molecule has 0 aliphatic carbocycles. The minimum absolute atomic E-state index is 0.180. The molecule has 1 N–H and O–H groups in total. The van der Waals surface area contributed by atoms with Crippen LogP contribution in [-0.4, -0.2) is 48.7 Å². The SMILES string of the molecule is C[C@@H](/C=C/S(C)(=O)=O)NC(=O)c1cnc(N2C3CCC2CC3)nc1Oc1ccccc1. The highest BCUT2D eigenvalue weighted by Crippen LogP contribution is 2.40. The number of hydrogen-bond acceptors (Lipinski definition) is 7. The van der Waals surface area contributed by atoms with Crippen LogP contribution in [-0.2, 0) is 9.84 Å². The third kappa shape index (κ3) is 5.04. The maximum absolute atomic E-state index is 12.9. The minimum atomic E-state index is -3.27. The van der Waals surface area contributed by atoms with Gasteiger partial charge in [0.1, 0.15) is 11.3 Å². The molecule has 1 atom stereocenters. The largest absolute Gasteiger partial charge is 0.438 e. The van der Waals surface area contributed by atoms with Crippen molar-refractivity contribution in [2.45, 2.75) is 50.7 Å². The molecule has 3 heterocycles. The molecule has 2 aliphatic rings. The molecule has 31 heavy (non-hydrogen) atoms. The molecule has 0 unspecified atom stereocenters. The van der Waals surface area contributed by atoms with E-state index < -0.39 is 21.8 Å². The first-order chi connectivity index (χ1) is 14.8. The van der Waals surface area contributed by atoms with Crippen molar-refractivity contribution in [1.82, 2.24) is 15.3 Å². The number of amides is 1. The van der Waals surface area contributed by atoms with Crippen LogP contribution >= 0.6 is 0 Å². The summed E-state index contributed by atoms with van der Waals surface area (Å²) in [5, 5.41) is 3.82. The fraction of sp³-hybridized carbons (Fsp3) is 0.409. The number of sulfone groups is 1. The van der Waals surface area contributed by atoms with Gasteiger partial charge in [0, 0.05) is 36.0 Å². The molecular formula is C22H26N4O4S. The van der Waals surface area contributed by atoms with Gasteiger partial charge in [0.15, 0.2) is 9.84 Å². The second-order valence-corrected chi connectivity index (χ2v) is 10.0. The van der Waals surface area contributed by atoms with Crippen molar-refractivity contribution in [3.8, 4) is 11.6 Å². The van der Waals surface area contributed by atoms with E-state index in [1.807, 2.05) is 18.2 Å². The molecule has 9 heteroatoms. The highest BCUT2D eigenvalue weighted by atomic mass is 32.2. The van der Waals surface area contributed by atoms with Gasteiger partial charge in [0.05, 0.1) is 0 Å². The number of anilines is 1. The minimum Gasteiger partial charge on any atom is -0.438 e. The van der Waals surface area contributed by atoms with E-state index in [9.17, 15) is 13.2 Å². The van der Waals surface area contributed by atoms with Crippen LogP contribution in [0.4, 0.5) is 5.95 Å². The molecule has 1 aromatic heterocycles. The molecular weight excluding hydrogens is 416 g/mol. The molecule has 164 valence electrons. The lowest BCUT2D eigenvalue weighted by Crippen LogP contribution is -2.33. The zero-order chi connectivity index (χ0) is 22.0. The highest BCUT2D eigenvalue weighted by molar-refractivity contribution is 7.93. The molecule has 2 aliphatic heterocycles. The summed E-state index contributed by atoms with van der Waals surface area (Å²) in [6.45, 7) is 1.69. The number of nitrogens with one attached hydrogen (secondary N) is 1. The lowest BCUT2D eigenvalue weighted by molar-refractivity contribution is 0.0943. The highest BCUT2D eigenvalue weighted by Gasteiger charge is 2.41. The number of fused-ring (bicyclic) bond motifs is 2. The van der Waals surface area contributed by atoms with Gasteiger partial charge in [-0.25, -0.2) is 13.4 Å². The van der Waals surface area contributed by atoms with Crippen molar-refractivity contribution in [3.05, 3.63) is 53.6 Å². The molecule has 2 aromatic rings. The van der Waals surface area contributed by atoms with E-state index in [-0.39, 0.29) is 11.4 Å². The number of para-hydroxylation sites is 1. The zero-order valence-electron chi connectivity index (χ0n) is 17.6. The van der Waals surface area contributed by atoms with Gasteiger partial charge in [-0.3, -0.25) is 4.79 Å². The van der Waals surface area contributed by atoms with Crippen LogP contribution in [0.1, 0.15) is 43.0 Å². The van der Waals surface area contributed by atoms with E-state index in [0.29, 0.717) is 23.8 Å². The second kappa shape index (κ2) is 8.66. The van der Waals surface area contributed by atoms with Crippen LogP contribution in [0.5, 0.6) is 11.6 Å². The Balaban J connectivity index is 1.61. The Kier molecular flexibility index (Phi) is 5.95. The number of nitrogens with zero attached hydrogens (tertiary/aromatic N) is 3. The number of carbonyl (C=O) groups excluding carboxylic acids is 1. The summed E-state index contributed by atoms with van der Waals surface area (Å²) in [4.78, 5) is 24.2. The van der Waals surface area contributed by atoms with Crippen molar-refractivity contribution in [2.75, 3.05) is 11.2 Å². The summed E-state index contributed by atoms with van der Waals surface area (Å²) in [6, 6.07) is 9.53. The Bertz CT molecular complexity index is 1070. The first kappa shape index (κ1) is 21.3. The Morgan fingerprint density at radius 3 is 2.45 bits per heavy atom. The molecule has 2 bridgehead atoms. The van der Waals surface area contributed by atoms with Crippen molar-refractivity contribution < 1.29 is 17.9 Å². The van der Waals surface area contributed by atoms with Gasteiger partial charge in [0.25, 0.3) is 5.91 Å². The number of rotatable bonds is 7. The normalized spacial score (nSPS) is 21.4. The fourth-order valence-electron chi connectivity index (χ4n) is 4.15. The Labute approximate surface area is 182 Å². The quantitative estimate of drug-likeness (QED) is 0.703. The van der Waals surface area contributed by atoms with E-state index in [4.69, 9.17) is 4.74 Å². The van der Waals surface area contributed by atoms with Crippen LogP contribution in [0.3, 0.4) is 0 Å². The first-order valence-corrected chi connectivity index (χ1v) is 12.3. The molecule has 8 nitrogen and oxygen atoms in total. The summed E-state index contributed by atoms with van der Waals surface area (Å²) in [5.41, 5.74) is 0.193. The average Bonchev–Trinajstić information content (AvgIpc) is 3.33. The number of carbonyl (C=O) groups is 1. The van der Waals surface area contributed by atoms with E-state index in [2.05, 4.69) is 20.2 Å². The van der Waals surface area contributed by atoms with Crippen molar-refractivity contribution in [1.29, 1.82) is 0 Å². The average molecular weight is 443 g/mol. The Morgan fingerprint density at radius 2 is 1.84 bits per heavy atom. The van der Waals surface area contributed by atoms with Gasteiger partial charge in [-0.2, -0.15) is 4.98 Å². The van der Waals surface area contributed by atoms with Crippen molar-refractivity contribution in [2.24, 2.45) is 0 Å². The van der Waals surface area contributed by atoms with Crippen LogP contribution in [0.25, 0.3) is 0 Å². The fourth-order valence-corrected chi connectivity index (χ4v) is 4.67. The van der Waals surface area contributed by atoms with E-state index >= 15 is 0 Å². The second-order valence-electron chi connectivity index (χ2n) is 8.09. The molecule has 2 saturated heterocycles. The summed E-state index contributed by atoms with van der Waals surface area (Å²) < 4.78 is 28.6. The lowest BCUT2D eigenvalue weighted by atomic mass is 10.0. The van der Waals surface area contributed by atoms with Crippen molar-refractivity contribution >= 4 is 21.7 Å².